The van der Waals surface area contributed by atoms with Gasteiger partial charge in [-0.15, -0.1) is 0 Å². The minimum atomic E-state index is -0.995. The number of nitrogens with zero attached hydrogens (tertiary/aromatic N) is 1. The van der Waals surface area contributed by atoms with E-state index in [1.165, 1.54) is 24.1 Å². The van der Waals surface area contributed by atoms with Crippen molar-refractivity contribution >= 4 is 28.7 Å². The van der Waals surface area contributed by atoms with Gasteiger partial charge in [0.15, 0.2) is 11.6 Å². The lowest BCUT2D eigenvalue weighted by Crippen LogP contribution is -2.49. The third kappa shape index (κ3) is 6.25. The van der Waals surface area contributed by atoms with Gasteiger partial charge in [0, 0.05) is 43.4 Å². The van der Waals surface area contributed by atoms with Crippen molar-refractivity contribution in [1.82, 2.24) is 10.2 Å². The maximum Gasteiger partial charge on any atom is 0.223 e. The second kappa shape index (κ2) is 10.9. The van der Waals surface area contributed by atoms with Crippen LogP contribution in [0.25, 0.3) is 0 Å². The van der Waals surface area contributed by atoms with E-state index in [1.54, 1.807) is 6.92 Å². The Kier molecular flexibility index (Phi) is 8.78. The zero-order chi connectivity index (χ0) is 22.4. The predicted molar refractivity (Wildman–Crippen MR) is 111 cm³/mol. The molecule has 1 aromatic rings. The highest BCUT2D eigenvalue weighted by molar-refractivity contribution is 8.14. The minimum absolute atomic E-state index is 0.0325. The quantitative estimate of drug-likeness (QED) is 0.636. The topological polar surface area (TPSA) is 75.7 Å². The maximum absolute atomic E-state index is 14.0. The number of hydrogen-bond donors (Lipinski definition) is 1. The highest BCUT2D eigenvalue weighted by Crippen LogP contribution is 2.25. The van der Waals surface area contributed by atoms with Crippen molar-refractivity contribution in [3.05, 3.63) is 35.4 Å². The van der Waals surface area contributed by atoms with E-state index in [0.29, 0.717) is 6.42 Å². The number of amides is 2. The van der Waals surface area contributed by atoms with Gasteiger partial charge in [-0.3, -0.25) is 14.4 Å². The molecule has 2 amide bonds. The molecule has 3 unspecified atom stereocenters. The first kappa shape index (κ1) is 24.3. The molecule has 30 heavy (non-hydrogen) atoms. The first-order valence-electron chi connectivity index (χ1n) is 9.89. The molecule has 1 heterocycles. The molecule has 0 spiro atoms. The summed E-state index contributed by atoms with van der Waals surface area (Å²) in [6.45, 7) is 5.35. The maximum atomic E-state index is 14.0. The van der Waals surface area contributed by atoms with Crippen molar-refractivity contribution < 1.29 is 27.9 Å². The Labute approximate surface area is 179 Å². The number of benzene rings is 1. The van der Waals surface area contributed by atoms with E-state index in [2.05, 4.69) is 5.32 Å². The number of carbonyl (C=O) groups is 3. The van der Waals surface area contributed by atoms with Gasteiger partial charge in [0.05, 0.1) is 6.10 Å². The van der Waals surface area contributed by atoms with E-state index >= 15 is 0 Å². The molecule has 166 valence electrons. The van der Waals surface area contributed by atoms with Crippen LogP contribution < -0.4 is 5.32 Å². The Morgan fingerprint density at radius 3 is 2.63 bits per heavy atom. The summed E-state index contributed by atoms with van der Waals surface area (Å²) >= 11 is 1.12. The number of ether oxygens (including phenoxy) is 1. The monoisotopic (exact) mass is 442 g/mol. The van der Waals surface area contributed by atoms with Crippen LogP contribution in [0.4, 0.5) is 8.78 Å². The zero-order valence-electron chi connectivity index (χ0n) is 17.6. The van der Waals surface area contributed by atoms with Gasteiger partial charge < -0.3 is 15.0 Å². The van der Waals surface area contributed by atoms with Crippen LogP contribution in [0.1, 0.15) is 45.6 Å². The van der Waals surface area contributed by atoms with Crippen molar-refractivity contribution in [2.75, 3.05) is 7.11 Å². The lowest BCUT2D eigenvalue weighted by Gasteiger charge is -2.27. The van der Waals surface area contributed by atoms with Crippen LogP contribution in [0.2, 0.25) is 0 Å². The summed E-state index contributed by atoms with van der Waals surface area (Å²) in [7, 11) is 1.46. The smallest absolute Gasteiger partial charge is 0.223 e. The van der Waals surface area contributed by atoms with Gasteiger partial charge in [-0.1, -0.05) is 37.7 Å². The second-order valence-electron chi connectivity index (χ2n) is 7.60. The largest absolute Gasteiger partial charge is 0.379 e. The predicted octanol–water partition coefficient (Wildman–Crippen LogP) is 3.03. The van der Waals surface area contributed by atoms with Crippen LogP contribution in [0.15, 0.2) is 18.2 Å². The number of nitrogens with one attached hydrogen (secondary N) is 1. The van der Waals surface area contributed by atoms with Crippen LogP contribution in [-0.4, -0.2) is 52.4 Å². The molecule has 1 aliphatic rings. The van der Waals surface area contributed by atoms with Crippen molar-refractivity contribution in [1.29, 1.82) is 0 Å². The Morgan fingerprint density at radius 1 is 1.30 bits per heavy atom. The fourth-order valence-electron chi connectivity index (χ4n) is 3.33. The van der Waals surface area contributed by atoms with Crippen molar-refractivity contribution in [2.45, 2.75) is 70.0 Å². The average Bonchev–Trinajstić information content (AvgIpc) is 3.01. The highest BCUT2D eigenvalue weighted by atomic mass is 32.2. The summed E-state index contributed by atoms with van der Waals surface area (Å²) in [5.74, 6) is -2.59. The van der Waals surface area contributed by atoms with Crippen LogP contribution in [0, 0.1) is 11.6 Å². The number of halogens is 2. The lowest BCUT2D eigenvalue weighted by molar-refractivity contribution is -0.131. The second-order valence-corrected chi connectivity index (χ2v) is 9.18. The molecule has 0 aliphatic carbocycles. The fourth-order valence-corrected chi connectivity index (χ4v) is 4.19. The number of rotatable bonds is 9. The van der Waals surface area contributed by atoms with E-state index in [4.69, 9.17) is 4.74 Å². The SMILES string of the molecule is COC(C)C(NC(=O)CC1CCC(=O)N1Cc1cccc(F)c1F)C(=O)SC(C)C. The van der Waals surface area contributed by atoms with E-state index in [0.717, 1.165) is 17.8 Å². The molecular formula is C21H28F2N2O4S. The fraction of sp³-hybridized carbons (Fsp3) is 0.571. The zero-order valence-corrected chi connectivity index (χ0v) is 18.4. The summed E-state index contributed by atoms with van der Waals surface area (Å²) in [5, 5.41) is 2.57. The van der Waals surface area contributed by atoms with Crippen molar-refractivity contribution in [2.24, 2.45) is 0 Å². The summed E-state index contributed by atoms with van der Waals surface area (Å²) in [6.07, 6.45) is 0.113. The molecule has 0 bridgehead atoms. The van der Waals surface area contributed by atoms with Crippen LogP contribution in [0.5, 0.6) is 0 Å². The number of likely N-dealkylation sites (tertiary alicyclic amines) is 1. The van der Waals surface area contributed by atoms with Crippen molar-refractivity contribution in [3.63, 3.8) is 0 Å². The van der Waals surface area contributed by atoms with Gasteiger partial charge in [-0.2, -0.15) is 0 Å². The Balaban J connectivity index is 2.06. The number of hydrogen-bond acceptors (Lipinski definition) is 5. The molecule has 2 rings (SSSR count). The molecular weight excluding hydrogens is 414 g/mol. The number of methoxy groups -OCH3 is 1. The molecule has 0 aromatic heterocycles. The van der Waals surface area contributed by atoms with Gasteiger partial charge in [-0.25, -0.2) is 8.78 Å². The molecule has 3 atom stereocenters. The van der Waals surface area contributed by atoms with Crippen LogP contribution in [0.3, 0.4) is 0 Å². The third-order valence-electron chi connectivity index (χ3n) is 5.01. The summed E-state index contributed by atoms with van der Waals surface area (Å²) in [6, 6.07) is 2.54. The third-order valence-corrected chi connectivity index (χ3v) is 5.97. The van der Waals surface area contributed by atoms with Crippen molar-refractivity contribution in [3.8, 4) is 0 Å². The molecule has 1 fully saturated rings. The first-order chi connectivity index (χ1) is 14.1. The molecule has 6 nitrogen and oxygen atoms in total. The van der Waals surface area contributed by atoms with Gasteiger partial charge in [0.25, 0.3) is 0 Å². The molecule has 1 saturated heterocycles. The first-order valence-corrected chi connectivity index (χ1v) is 10.8. The van der Waals surface area contributed by atoms with Gasteiger partial charge in [0.2, 0.25) is 16.9 Å². The lowest BCUT2D eigenvalue weighted by atomic mass is 10.1. The molecule has 1 N–H and O–H groups in total. The van der Waals surface area contributed by atoms with Crippen LogP contribution in [-0.2, 0) is 25.7 Å². The molecule has 0 saturated carbocycles. The van der Waals surface area contributed by atoms with E-state index in [1.807, 2.05) is 13.8 Å². The van der Waals surface area contributed by atoms with E-state index in [-0.39, 0.29) is 41.2 Å². The summed E-state index contributed by atoms with van der Waals surface area (Å²) in [5.41, 5.74) is 0.0602. The van der Waals surface area contributed by atoms with Gasteiger partial charge >= 0.3 is 0 Å². The Bertz CT molecular complexity index is 790. The molecule has 1 aliphatic heterocycles. The van der Waals surface area contributed by atoms with Gasteiger partial charge in [0.1, 0.15) is 6.04 Å². The van der Waals surface area contributed by atoms with E-state index < -0.39 is 35.7 Å². The number of carbonyl (C=O) groups excluding carboxylic acids is 3. The minimum Gasteiger partial charge on any atom is -0.379 e. The van der Waals surface area contributed by atoms with Crippen LogP contribution >= 0.6 is 11.8 Å². The Hall–Kier alpha value is -2.00. The molecule has 9 heteroatoms. The van der Waals surface area contributed by atoms with Gasteiger partial charge in [-0.05, 0) is 19.4 Å². The molecule has 1 aromatic carbocycles. The molecule has 0 radical (unpaired) electrons. The normalized spacial score (nSPS) is 18.6. The summed E-state index contributed by atoms with van der Waals surface area (Å²) < 4.78 is 32.7. The summed E-state index contributed by atoms with van der Waals surface area (Å²) in [4.78, 5) is 38.8. The standard InChI is InChI=1S/C21H28F2N2O4S/c1-12(2)30-21(28)20(13(3)29-4)24-17(26)10-15-8-9-18(27)25(15)11-14-6-5-7-16(22)19(14)23/h5-7,12-13,15,20H,8-11H2,1-4H3,(H,24,26). The average molecular weight is 443 g/mol. The Morgan fingerprint density at radius 2 is 2.00 bits per heavy atom. The number of thioether (sulfide) groups is 1. The highest BCUT2D eigenvalue weighted by Gasteiger charge is 2.35. The van der Waals surface area contributed by atoms with E-state index in [9.17, 15) is 23.2 Å².